The maximum Gasteiger partial charge on any atom is 0.266 e. The fraction of sp³-hybridized carbons (Fsp3) is 0.0833. The highest BCUT2D eigenvalue weighted by atomic mass is 35.5. The van der Waals surface area contributed by atoms with Gasteiger partial charge in [-0.3, -0.25) is 4.79 Å². The summed E-state index contributed by atoms with van der Waals surface area (Å²) >= 11 is 5.92. The van der Waals surface area contributed by atoms with E-state index < -0.39 is 5.91 Å². The molecule has 0 spiro atoms. The molecule has 1 N–H and O–H groups in total. The summed E-state index contributed by atoms with van der Waals surface area (Å²) in [5, 5.41) is 12.5. The lowest BCUT2D eigenvalue weighted by Gasteiger charge is -2.11. The predicted octanol–water partition coefficient (Wildman–Crippen LogP) is 5.62. The zero-order chi connectivity index (χ0) is 21.5. The Morgan fingerprint density at radius 3 is 2.63 bits per heavy atom. The molecule has 0 aromatic heterocycles. The number of rotatable bonds is 6. The Morgan fingerprint density at radius 2 is 1.93 bits per heavy atom. The Morgan fingerprint density at radius 1 is 1.13 bits per heavy atom. The van der Waals surface area contributed by atoms with Crippen LogP contribution in [0.5, 0.6) is 5.75 Å². The number of nitriles is 1. The van der Waals surface area contributed by atoms with Crippen LogP contribution in [0, 0.1) is 17.1 Å². The Labute approximate surface area is 179 Å². The van der Waals surface area contributed by atoms with Crippen LogP contribution in [0.1, 0.15) is 16.7 Å². The third-order valence-electron chi connectivity index (χ3n) is 4.41. The van der Waals surface area contributed by atoms with Gasteiger partial charge >= 0.3 is 0 Å². The summed E-state index contributed by atoms with van der Waals surface area (Å²) in [5.41, 5.74) is 2.38. The topological polar surface area (TPSA) is 62.1 Å². The Kier molecular flexibility index (Phi) is 6.84. The second kappa shape index (κ2) is 9.73. The highest BCUT2D eigenvalue weighted by Gasteiger charge is 2.12. The van der Waals surface area contributed by atoms with E-state index in [1.54, 1.807) is 60.7 Å². The number of methoxy groups -OCH3 is 1. The van der Waals surface area contributed by atoms with Crippen molar-refractivity contribution < 1.29 is 13.9 Å². The number of nitrogens with zero attached hydrogens (tertiary/aromatic N) is 1. The van der Waals surface area contributed by atoms with E-state index in [0.29, 0.717) is 34.0 Å². The molecule has 4 nitrogen and oxygen atoms in total. The molecule has 0 fully saturated rings. The molecule has 1 amide bonds. The van der Waals surface area contributed by atoms with Crippen LogP contribution in [0.2, 0.25) is 5.02 Å². The van der Waals surface area contributed by atoms with Gasteiger partial charge in [-0.25, -0.2) is 4.39 Å². The van der Waals surface area contributed by atoms with Gasteiger partial charge in [0.1, 0.15) is 23.2 Å². The summed E-state index contributed by atoms with van der Waals surface area (Å²) in [7, 11) is 1.52. The number of hydrogen-bond donors (Lipinski definition) is 1. The number of hydrogen-bond acceptors (Lipinski definition) is 3. The molecule has 0 atom stereocenters. The van der Waals surface area contributed by atoms with Crippen LogP contribution in [0.25, 0.3) is 6.08 Å². The average molecular weight is 421 g/mol. The normalized spacial score (nSPS) is 10.9. The van der Waals surface area contributed by atoms with E-state index in [0.717, 1.165) is 5.56 Å². The lowest BCUT2D eigenvalue weighted by molar-refractivity contribution is -0.112. The van der Waals surface area contributed by atoms with E-state index in [4.69, 9.17) is 16.3 Å². The Hall–Kier alpha value is -3.62. The zero-order valence-corrected chi connectivity index (χ0v) is 16.9. The molecule has 30 heavy (non-hydrogen) atoms. The van der Waals surface area contributed by atoms with E-state index in [1.165, 1.54) is 19.3 Å². The lowest BCUT2D eigenvalue weighted by atomic mass is 10.0. The van der Waals surface area contributed by atoms with Crippen molar-refractivity contribution in [3.63, 3.8) is 0 Å². The van der Waals surface area contributed by atoms with Crippen LogP contribution in [-0.2, 0) is 11.2 Å². The monoisotopic (exact) mass is 420 g/mol. The van der Waals surface area contributed by atoms with Gasteiger partial charge in [0.25, 0.3) is 5.91 Å². The quantitative estimate of drug-likeness (QED) is 0.415. The first kappa shape index (κ1) is 21.1. The van der Waals surface area contributed by atoms with Crippen molar-refractivity contribution in [3.8, 4) is 11.8 Å². The molecule has 3 aromatic rings. The molecule has 150 valence electrons. The van der Waals surface area contributed by atoms with Gasteiger partial charge in [-0.2, -0.15) is 5.26 Å². The second-order valence-electron chi connectivity index (χ2n) is 6.47. The number of amides is 1. The molecule has 0 saturated carbocycles. The molecule has 0 aliphatic heterocycles. The van der Waals surface area contributed by atoms with Gasteiger partial charge in [0.15, 0.2) is 0 Å². The number of nitrogens with one attached hydrogen (secondary N) is 1. The van der Waals surface area contributed by atoms with Crippen LogP contribution in [0.3, 0.4) is 0 Å². The molecular formula is C24H18ClFN2O2. The fourth-order valence-corrected chi connectivity index (χ4v) is 3.11. The molecule has 0 aliphatic carbocycles. The average Bonchev–Trinajstić information content (AvgIpc) is 2.74. The first-order valence-electron chi connectivity index (χ1n) is 9.09. The zero-order valence-electron chi connectivity index (χ0n) is 16.2. The van der Waals surface area contributed by atoms with Crippen molar-refractivity contribution in [1.82, 2.24) is 0 Å². The predicted molar refractivity (Wildman–Crippen MR) is 116 cm³/mol. The number of ether oxygens (including phenoxy) is 1. The minimum Gasteiger partial charge on any atom is -0.496 e. The van der Waals surface area contributed by atoms with Crippen LogP contribution in [0.15, 0.2) is 72.3 Å². The van der Waals surface area contributed by atoms with Crippen molar-refractivity contribution in [2.24, 2.45) is 0 Å². The van der Waals surface area contributed by atoms with Crippen LogP contribution >= 0.6 is 11.6 Å². The summed E-state index contributed by atoms with van der Waals surface area (Å²) in [5.74, 6) is -0.290. The van der Waals surface area contributed by atoms with Gasteiger partial charge in [-0.15, -0.1) is 0 Å². The van der Waals surface area contributed by atoms with Gasteiger partial charge < -0.3 is 10.1 Å². The molecule has 0 heterocycles. The van der Waals surface area contributed by atoms with E-state index in [1.807, 2.05) is 6.07 Å². The van der Waals surface area contributed by atoms with Crippen molar-refractivity contribution in [3.05, 3.63) is 99.8 Å². The molecule has 6 heteroatoms. The Bertz CT molecular complexity index is 1150. The number of carbonyl (C=O) groups is 1. The molecule has 0 aliphatic rings. The summed E-state index contributed by atoms with van der Waals surface area (Å²) < 4.78 is 19.4. The molecule has 0 bridgehead atoms. The number of carbonyl (C=O) groups excluding carboxylic acids is 1. The smallest absolute Gasteiger partial charge is 0.266 e. The molecular weight excluding hydrogens is 403 g/mol. The lowest BCUT2D eigenvalue weighted by Crippen LogP contribution is -2.13. The van der Waals surface area contributed by atoms with E-state index in [2.05, 4.69) is 5.32 Å². The van der Waals surface area contributed by atoms with Crippen molar-refractivity contribution in [2.45, 2.75) is 6.42 Å². The minimum atomic E-state index is -0.547. The van der Waals surface area contributed by atoms with Crippen LogP contribution < -0.4 is 10.1 Å². The Balaban J connectivity index is 1.83. The molecule has 0 radical (unpaired) electrons. The minimum absolute atomic E-state index is 0.0705. The van der Waals surface area contributed by atoms with E-state index in [9.17, 15) is 14.4 Å². The molecule has 3 aromatic carbocycles. The molecule has 0 unspecified atom stereocenters. The first-order chi connectivity index (χ1) is 14.5. The van der Waals surface area contributed by atoms with Gasteiger partial charge in [-0.05, 0) is 53.1 Å². The highest BCUT2D eigenvalue weighted by Crippen LogP contribution is 2.25. The fourth-order valence-electron chi connectivity index (χ4n) is 2.92. The maximum absolute atomic E-state index is 14.0. The summed E-state index contributed by atoms with van der Waals surface area (Å²) in [6, 6.07) is 20.4. The number of benzene rings is 3. The van der Waals surface area contributed by atoms with Crippen LogP contribution in [0.4, 0.5) is 10.1 Å². The van der Waals surface area contributed by atoms with E-state index in [-0.39, 0.29) is 11.4 Å². The SMILES string of the molecule is COc1cc(/C=C(\C#N)C(=O)Nc2cccc(Cl)c2)ccc1Cc1ccccc1F. The number of anilines is 1. The van der Waals surface area contributed by atoms with Crippen molar-refractivity contribution in [1.29, 1.82) is 5.26 Å². The van der Waals surface area contributed by atoms with Gasteiger partial charge in [0.05, 0.1) is 7.11 Å². The summed E-state index contributed by atoms with van der Waals surface area (Å²) in [4.78, 5) is 12.4. The molecule has 0 saturated heterocycles. The summed E-state index contributed by atoms with van der Waals surface area (Å²) in [6.07, 6.45) is 1.83. The van der Waals surface area contributed by atoms with Gasteiger partial charge in [0.2, 0.25) is 0 Å². The van der Waals surface area contributed by atoms with Crippen LogP contribution in [-0.4, -0.2) is 13.0 Å². The van der Waals surface area contributed by atoms with Gasteiger partial charge in [0, 0.05) is 17.1 Å². The maximum atomic E-state index is 14.0. The molecule has 3 rings (SSSR count). The van der Waals surface area contributed by atoms with E-state index >= 15 is 0 Å². The standard InChI is InChI=1S/C24H18ClFN2O2/c1-30-23-12-16(9-10-18(23)13-17-5-2-3-8-22(17)26)11-19(15-27)24(29)28-21-7-4-6-20(25)14-21/h2-12,14H,13H2,1H3,(H,28,29)/b19-11+. The highest BCUT2D eigenvalue weighted by molar-refractivity contribution is 6.31. The third-order valence-corrected chi connectivity index (χ3v) is 4.64. The van der Waals surface area contributed by atoms with Gasteiger partial charge in [-0.1, -0.05) is 48.0 Å². The van der Waals surface area contributed by atoms with Crippen molar-refractivity contribution >= 4 is 29.3 Å². The van der Waals surface area contributed by atoms with Crippen molar-refractivity contribution in [2.75, 3.05) is 12.4 Å². The largest absolute Gasteiger partial charge is 0.496 e. The first-order valence-corrected chi connectivity index (χ1v) is 9.47. The summed E-state index contributed by atoms with van der Waals surface area (Å²) in [6.45, 7) is 0. The number of halogens is 2. The third kappa shape index (κ3) is 5.25. The second-order valence-corrected chi connectivity index (χ2v) is 6.91.